The molecule has 4 heterocycles. The number of nitrogens with one attached hydrogen (secondary N) is 2. The standard InChI is InChI=1S/C28H37N5O7/c1-15(34)32-7-6-31-14-21(32)27(38)29-12-23-26(37)25(36)22(40-23)11-24(35)30-18-10-20(28(31)39)33(13-18)19-8-16-4-2-3-5-17(16)9-19/h2-5,18-23,25-26,36-37H,6-14H2,1H3,(H,29,38)(H,30,35)/t18-,20-,21-,22-,23+,25-,26+/m0/s1. The number of nitrogens with zero attached hydrogens (tertiary/aromatic N) is 3. The molecule has 0 spiro atoms. The van der Waals surface area contributed by atoms with Crippen molar-refractivity contribution < 1.29 is 34.1 Å². The molecule has 4 N–H and O–H groups in total. The van der Waals surface area contributed by atoms with Gasteiger partial charge >= 0.3 is 0 Å². The first-order valence-corrected chi connectivity index (χ1v) is 14.2. The first-order chi connectivity index (χ1) is 19.2. The van der Waals surface area contributed by atoms with E-state index < -0.39 is 42.4 Å². The number of fused-ring (bicyclic) bond motifs is 7. The lowest BCUT2D eigenvalue weighted by Gasteiger charge is -2.42. The van der Waals surface area contributed by atoms with Crippen LogP contribution in [0.5, 0.6) is 0 Å². The number of aliphatic hydroxyl groups is 2. The number of hydrogen-bond donors (Lipinski definition) is 4. The zero-order valence-electron chi connectivity index (χ0n) is 22.6. The molecule has 4 saturated heterocycles. The molecule has 1 aromatic rings. The number of amides is 4. The van der Waals surface area contributed by atoms with Crippen molar-refractivity contribution in [3.05, 3.63) is 35.4 Å². The van der Waals surface area contributed by atoms with Crippen LogP contribution in [-0.2, 0) is 36.8 Å². The molecule has 0 aromatic heterocycles. The van der Waals surface area contributed by atoms with Crippen LogP contribution in [0.4, 0.5) is 0 Å². The van der Waals surface area contributed by atoms with E-state index in [2.05, 4.69) is 27.7 Å². The molecule has 6 rings (SSSR count). The molecule has 0 saturated carbocycles. The van der Waals surface area contributed by atoms with E-state index in [0.717, 1.165) is 12.8 Å². The summed E-state index contributed by atoms with van der Waals surface area (Å²) in [4.78, 5) is 58.1. The Morgan fingerprint density at radius 1 is 0.950 bits per heavy atom. The molecule has 12 nitrogen and oxygen atoms in total. The summed E-state index contributed by atoms with van der Waals surface area (Å²) >= 11 is 0. The number of carbonyl (C=O) groups is 4. The highest BCUT2D eigenvalue weighted by molar-refractivity contribution is 5.89. The van der Waals surface area contributed by atoms with Gasteiger partial charge in [0.25, 0.3) is 0 Å². The Morgan fingerprint density at radius 3 is 2.35 bits per heavy atom. The van der Waals surface area contributed by atoms with Gasteiger partial charge in [0.2, 0.25) is 23.6 Å². The summed E-state index contributed by atoms with van der Waals surface area (Å²) in [6, 6.07) is 6.71. The molecular formula is C28H37N5O7. The van der Waals surface area contributed by atoms with Gasteiger partial charge in [-0.15, -0.1) is 0 Å². The first kappa shape index (κ1) is 27.1. The first-order valence-electron chi connectivity index (χ1n) is 14.2. The summed E-state index contributed by atoms with van der Waals surface area (Å²) in [7, 11) is 0. The van der Waals surface area contributed by atoms with Crippen LogP contribution in [0.15, 0.2) is 24.3 Å². The summed E-state index contributed by atoms with van der Waals surface area (Å²) < 4.78 is 5.79. The van der Waals surface area contributed by atoms with Crippen LogP contribution >= 0.6 is 0 Å². The largest absolute Gasteiger partial charge is 0.388 e. The van der Waals surface area contributed by atoms with Crippen molar-refractivity contribution in [3.63, 3.8) is 0 Å². The van der Waals surface area contributed by atoms with Crippen LogP contribution in [-0.4, -0.2) is 130 Å². The van der Waals surface area contributed by atoms with Crippen molar-refractivity contribution >= 4 is 23.6 Å². The second-order valence-electron chi connectivity index (χ2n) is 11.7. The average molecular weight is 556 g/mol. The molecule has 4 amide bonds. The Hall–Kier alpha value is -3.06. The Kier molecular flexibility index (Phi) is 7.28. The number of rotatable bonds is 1. The number of benzene rings is 1. The normalized spacial score (nSPS) is 35.5. The van der Waals surface area contributed by atoms with Crippen LogP contribution in [0.1, 0.15) is 30.9 Å². The van der Waals surface area contributed by atoms with E-state index in [1.54, 1.807) is 4.90 Å². The maximum atomic E-state index is 14.1. The lowest BCUT2D eigenvalue weighted by atomic mass is 10.0. The highest BCUT2D eigenvalue weighted by Crippen LogP contribution is 2.32. The quantitative estimate of drug-likeness (QED) is 0.304. The smallest absolute Gasteiger partial charge is 0.244 e. The minimum Gasteiger partial charge on any atom is -0.388 e. The van der Waals surface area contributed by atoms with Gasteiger partial charge in [0, 0.05) is 45.2 Å². The van der Waals surface area contributed by atoms with Crippen LogP contribution in [0.2, 0.25) is 0 Å². The lowest BCUT2D eigenvalue weighted by molar-refractivity contribution is -0.149. The Labute approximate surface area is 232 Å². The average Bonchev–Trinajstić information content (AvgIpc) is 3.62. The van der Waals surface area contributed by atoms with E-state index in [9.17, 15) is 29.4 Å². The van der Waals surface area contributed by atoms with Gasteiger partial charge in [0.1, 0.15) is 24.4 Å². The third-order valence-electron chi connectivity index (χ3n) is 9.21. The third kappa shape index (κ3) is 4.98. The van der Waals surface area contributed by atoms with E-state index in [0.29, 0.717) is 19.5 Å². The highest BCUT2D eigenvalue weighted by Gasteiger charge is 2.48. The number of hydrogen-bond acceptors (Lipinski definition) is 8. The monoisotopic (exact) mass is 555 g/mol. The molecule has 7 atom stereocenters. The van der Waals surface area contributed by atoms with Gasteiger partial charge in [-0.05, 0) is 30.4 Å². The van der Waals surface area contributed by atoms with E-state index in [-0.39, 0.29) is 55.9 Å². The van der Waals surface area contributed by atoms with Crippen molar-refractivity contribution in [2.45, 2.75) is 81.2 Å². The molecule has 0 radical (unpaired) electrons. The molecular weight excluding hydrogens is 518 g/mol. The molecule has 5 aliphatic rings. The van der Waals surface area contributed by atoms with Gasteiger partial charge in [-0.3, -0.25) is 24.1 Å². The van der Waals surface area contributed by atoms with E-state index in [1.165, 1.54) is 23.0 Å². The molecule has 12 heteroatoms. The molecule has 0 unspecified atom stereocenters. The number of aliphatic hydroxyl groups excluding tert-OH is 2. The zero-order valence-corrected chi connectivity index (χ0v) is 22.6. The van der Waals surface area contributed by atoms with Gasteiger partial charge in [0.05, 0.1) is 25.1 Å². The van der Waals surface area contributed by atoms with Crippen LogP contribution in [0.25, 0.3) is 0 Å². The SMILES string of the molecule is CC(=O)N1CCN2C[C@H]1C(=O)NC[C@H]1O[C@@H](CC(=O)N[C@H]3C[C@@H](C2=O)N(C2Cc4ccccc4C2)C3)[C@H](O)[C@@H]1O. The number of ether oxygens (including phenoxy) is 1. The predicted octanol–water partition coefficient (Wildman–Crippen LogP) is -2.22. The number of carbonyl (C=O) groups excluding carboxylic acids is 4. The molecule has 216 valence electrons. The summed E-state index contributed by atoms with van der Waals surface area (Å²) in [6.07, 6.45) is -2.52. The van der Waals surface area contributed by atoms with Crippen molar-refractivity contribution in [2.24, 2.45) is 0 Å². The van der Waals surface area contributed by atoms with Crippen LogP contribution < -0.4 is 10.6 Å². The summed E-state index contributed by atoms with van der Waals surface area (Å²) in [5.74, 6) is -1.15. The fraction of sp³-hybridized carbons (Fsp3) is 0.643. The molecule has 40 heavy (non-hydrogen) atoms. The van der Waals surface area contributed by atoms with Crippen molar-refractivity contribution in [2.75, 3.05) is 32.7 Å². The van der Waals surface area contributed by atoms with Crippen molar-refractivity contribution in [3.8, 4) is 0 Å². The third-order valence-corrected chi connectivity index (χ3v) is 9.21. The zero-order chi connectivity index (χ0) is 28.1. The second-order valence-corrected chi connectivity index (χ2v) is 11.7. The fourth-order valence-electron chi connectivity index (χ4n) is 7.13. The Morgan fingerprint density at radius 2 is 1.65 bits per heavy atom. The van der Waals surface area contributed by atoms with Gasteiger partial charge < -0.3 is 35.4 Å². The Balaban J connectivity index is 1.29. The van der Waals surface area contributed by atoms with E-state index in [4.69, 9.17) is 4.74 Å². The fourth-order valence-corrected chi connectivity index (χ4v) is 7.13. The number of likely N-dealkylation sites (tertiary alicyclic amines) is 1. The Bertz CT molecular complexity index is 1170. The minimum absolute atomic E-state index is 0.0514. The van der Waals surface area contributed by atoms with Gasteiger partial charge in [-0.2, -0.15) is 0 Å². The van der Waals surface area contributed by atoms with Gasteiger partial charge in [-0.1, -0.05) is 24.3 Å². The second kappa shape index (κ2) is 10.7. The molecule has 4 aliphatic heterocycles. The van der Waals surface area contributed by atoms with Crippen LogP contribution in [0.3, 0.4) is 0 Å². The summed E-state index contributed by atoms with van der Waals surface area (Å²) in [5.41, 5.74) is 2.52. The minimum atomic E-state index is -1.28. The highest BCUT2D eigenvalue weighted by atomic mass is 16.5. The molecule has 6 bridgehead atoms. The number of piperazine rings is 1. The van der Waals surface area contributed by atoms with Crippen molar-refractivity contribution in [1.82, 2.24) is 25.3 Å². The topological polar surface area (TPSA) is 152 Å². The van der Waals surface area contributed by atoms with E-state index in [1.807, 2.05) is 12.1 Å². The summed E-state index contributed by atoms with van der Waals surface area (Å²) in [6.45, 7) is 2.38. The lowest BCUT2D eigenvalue weighted by Crippen LogP contribution is -2.63. The van der Waals surface area contributed by atoms with Crippen molar-refractivity contribution in [1.29, 1.82) is 0 Å². The maximum Gasteiger partial charge on any atom is 0.244 e. The van der Waals surface area contributed by atoms with E-state index >= 15 is 0 Å². The van der Waals surface area contributed by atoms with Gasteiger partial charge in [0.15, 0.2) is 0 Å². The maximum absolute atomic E-state index is 14.1. The van der Waals surface area contributed by atoms with Gasteiger partial charge in [-0.25, -0.2) is 0 Å². The molecule has 4 fully saturated rings. The molecule has 1 aliphatic carbocycles. The predicted molar refractivity (Wildman–Crippen MR) is 141 cm³/mol. The van der Waals surface area contributed by atoms with Crippen LogP contribution in [0, 0.1) is 0 Å². The summed E-state index contributed by atoms with van der Waals surface area (Å²) in [5, 5.41) is 26.8. The molecule has 1 aromatic carbocycles.